The molecule has 0 atom stereocenters. The van der Waals surface area contributed by atoms with Gasteiger partial charge in [0.2, 0.25) is 0 Å². The number of hydrogen-bond donors (Lipinski definition) is 0. The van der Waals surface area contributed by atoms with E-state index in [0.29, 0.717) is 0 Å². The van der Waals surface area contributed by atoms with Crippen LogP contribution in [0.25, 0.3) is 5.57 Å². The zero-order chi connectivity index (χ0) is 20.3. The van der Waals surface area contributed by atoms with E-state index >= 15 is 0 Å². The van der Waals surface area contributed by atoms with Crippen molar-refractivity contribution in [3.05, 3.63) is 95.1 Å². The SMILES string of the molecule is CN(C)c1ccc(C(=C2C=CC(=[N+](C)C)C=C2)c2ccc(C(=O)[O-])cc2)cc1. The number of nitrogens with zero attached hydrogens (tertiary/aromatic N) is 2. The number of rotatable bonds is 4. The van der Waals surface area contributed by atoms with E-state index < -0.39 is 5.97 Å². The fraction of sp³-hybridized carbons (Fsp3) is 0.167. The zero-order valence-corrected chi connectivity index (χ0v) is 16.6. The van der Waals surface area contributed by atoms with Crippen LogP contribution < -0.4 is 10.0 Å². The highest BCUT2D eigenvalue weighted by atomic mass is 16.4. The van der Waals surface area contributed by atoms with E-state index in [9.17, 15) is 9.90 Å². The predicted molar refractivity (Wildman–Crippen MR) is 113 cm³/mol. The lowest BCUT2D eigenvalue weighted by atomic mass is 9.90. The van der Waals surface area contributed by atoms with Crippen molar-refractivity contribution in [1.29, 1.82) is 0 Å². The monoisotopic (exact) mass is 372 g/mol. The van der Waals surface area contributed by atoms with E-state index in [1.165, 1.54) is 0 Å². The normalized spacial score (nSPS) is 12.9. The second-order valence-electron chi connectivity index (χ2n) is 7.12. The number of carbonyl (C=O) groups excluding carboxylic acids is 1. The van der Waals surface area contributed by atoms with E-state index in [1.807, 2.05) is 40.3 Å². The van der Waals surface area contributed by atoms with Gasteiger partial charge in [-0.25, -0.2) is 4.58 Å². The van der Waals surface area contributed by atoms with E-state index in [-0.39, 0.29) is 5.56 Å². The highest BCUT2D eigenvalue weighted by Crippen LogP contribution is 2.31. The Morgan fingerprint density at radius 3 is 1.68 bits per heavy atom. The van der Waals surface area contributed by atoms with E-state index in [4.69, 9.17) is 0 Å². The van der Waals surface area contributed by atoms with Crippen LogP contribution in [0.4, 0.5) is 5.69 Å². The van der Waals surface area contributed by atoms with Crippen LogP contribution in [0.2, 0.25) is 0 Å². The number of hydrogen-bond acceptors (Lipinski definition) is 3. The van der Waals surface area contributed by atoms with Gasteiger partial charge in [-0.05, 0) is 52.1 Å². The Morgan fingerprint density at radius 2 is 1.25 bits per heavy atom. The van der Waals surface area contributed by atoms with Gasteiger partial charge in [-0.1, -0.05) is 36.4 Å². The topological polar surface area (TPSA) is 46.4 Å². The van der Waals surface area contributed by atoms with Crippen LogP contribution in [-0.2, 0) is 0 Å². The number of carboxylic acid groups (broad SMARTS) is 1. The summed E-state index contributed by atoms with van der Waals surface area (Å²) in [5.74, 6) is -1.17. The second kappa shape index (κ2) is 8.09. The van der Waals surface area contributed by atoms with Crippen molar-refractivity contribution in [2.45, 2.75) is 0 Å². The molecule has 3 rings (SSSR count). The predicted octanol–water partition coefficient (Wildman–Crippen LogP) is 2.76. The minimum absolute atomic E-state index is 0.175. The lowest BCUT2D eigenvalue weighted by Gasteiger charge is -2.17. The van der Waals surface area contributed by atoms with Crippen molar-refractivity contribution in [2.75, 3.05) is 33.1 Å². The Labute approximate surface area is 166 Å². The summed E-state index contributed by atoms with van der Waals surface area (Å²) in [6.07, 6.45) is 8.35. The largest absolute Gasteiger partial charge is 0.545 e. The van der Waals surface area contributed by atoms with Crippen LogP contribution >= 0.6 is 0 Å². The fourth-order valence-electron chi connectivity index (χ4n) is 3.13. The molecule has 2 aromatic carbocycles. The molecule has 1 aliphatic carbocycles. The van der Waals surface area contributed by atoms with Crippen molar-refractivity contribution >= 4 is 22.9 Å². The number of benzene rings is 2. The van der Waals surface area contributed by atoms with Crippen molar-refractivity contribution < 1.29 is 14.5 Å². The van der Waals surface area contributed by atoms with E-state index in [1.54, 1.807) is 12.1 Å². The van der Waals surface area contributed by atoms with Crippen molar-refractivity contribution in [3.8, 4) is 0 Å². The molecule has 28 heavy (non-hydrogen) atoms. The van der Waals surface area contributed by atoms with Gasteiger partial charge in [0.1, 0.15) is 14.1 Å². The molecule has 0 N–H and O–H groups in total. The summed E-state index contributed by atoms with van der Waals surface area (Å²) in [5.41, 5.74) is 6.58. The van der Waals surface area contributed by atoms with Gasteiger partial charge < -0.3 is 14.8 Å². The molecule has 4 nitrogen and oxygen atoms in total. The van der Waals surface area contributed by atoms with Crippen LogP contribution in [0.5, 0.6) is 0 Å². The standard InChI is InChI=1S/C24H24N2O2/c1-25(2)21-13-9-18(10-14-21)23(17-5-7-20(8-6-17)24(27)28)19-11-15-22(16-12-19)26(3)4/h5-16H,1-4H3. The first-order valence-electron chi connectivity index (χ1n) is 9.11. The van der Waals surface area contributed by atoms with Crippen LogP contribution in [0.1, 0.15) is 21.5 Å². The molecule has 0 fully saturated rings. The minimum atomic E-state index is -1.17. The molecular weight excluding hydrogens is 348 g/mol. The molecule has 0 saturated carbocycles. The molecule has 0 aromatic heterocycles. The highest BCUT2D eigenvalue weighted by Gasteiger charge is 2.13. The van der Waals surface area contributed by atoms with Crippen LogP contribution in [0, 0.1) is 0 Å². The first kappa shape index (κ1) is 19.4. The van der Waals surface area contributed by atoms with Crippen molar-refractivity contribution in [2.24, 2.45) is 0 Å². The lowest BCUT2D eigenvalue weighted by Crippen LogP contribution is -2.22. The van der Waals surface area contributed by atoms with Gasteiger partial charge in [-0.15, -0.1) is 0 Å². The van der Waals surface area contributed by atoms with E-state index in [0.717, 1.165) is 33.7 Å². The Morgan fingerprint density at radius 1 is 0.786 bits per heavy atom. The molecule has 0 radical (unpaired) electrons. The van der Waals surface area contributed by atoms with Gasteiger partial charge in [-0.3, -0.25) is 0 Å². The van der Waals surface area contributed by atoms with Gasteiger partial charge in [0.25, 0.3) is 0 Å². The Hall–Kier alpha value is -3.40. The molecule has 1 aliphatic rings. The van der Waals surface area contributed by atoms with Crippen LogP contribution in [0.3, 0.4) is 0 Å². The quantitative estimate of drug-likeness (QED) is 0.776. The summed E-state index contributed by atoms with van der Waals surface area (Å²) in [5, 5.41) is 11.1. The maximum atomic E-state index is 11.1. The Kier molecular flexibility index (Phi) is 5.59. The van der Waals surface area contributed by atoms with Gasteiger partial charge in [-0.2, -0.15) is 0 Å². The lowest BCUT2D eigenvalue weighted by molar-refractivity contribution is -0.462. The maximum absolute atomic E-state index is 11.1. The first-order valence-corrected chi connectivity index (χ1v) is 9.11. The summed E-state index contributed by atoms with van der Waals surface area (Å²) in [4.78, 5) is 13.2. The zero-order valence-electron chi connectivity index (χ0n) is 16.6. The summed E-state index contributed by atoms with van der Waals surface area (Å²) in [7, 11) is 8.05. The third kappa shape index (κ3) is 4.12. The number of carbonyl (C=O) groups is 1. The average molecular weight is 372 g/mol. The molecular formula is C24H24N2O2. The van der Waals surface area contributed by atoms with Crippen LogP contribution in [0.15, 0.2) is 78.4 Å². The third-order valence-corrected chi connectivity index (χ3v) is 4.75. The van der Waals surface area contributed by atoms with Gasteiger partial charge in [0.15, 0.2) is 5.71 Å². The van der Waals surface area contributed by atoms with Crippen molar-refractivity contribution in [1.82, 2.24) is 0 Å². The molecule has 0 saturated heterocycles. The first-order chi connectivity index (χ1) is 13.4. The molecule has 142 valence electrons. The smallest absolute Gasteiger partial charge is 0.199 e. The van der Waals surface area contributed by atoms with Gasteiger partial charge >= 0.3 is 0 Å². The third-order valence-electron chi connectivity index (χ3n) is 4.75. The summed E-state index contributed by atoms with van der Waals surface area (Å²) in [6, 6.07) is 15.2. The minimum Gasteiger partial charge on any atom is -0.545 e. The number of anilines is 1. The second-order valence-corrected chi connectivity index (χ2v) is 7.12. The highest BCUT2D eigenvalue weighted by molar-refractivity contribution is 6.04. The van der Waals surface area contributed by atoms with Gasteiger partial charge in [0.05, 0.1) is 5.97 Å². The molecule has 0 unspecified atom stereocenters. The molecule has 0 bridgehead atoms. The number of carboxylic acids is 1. The molecule has 0 aliphatic heterocycles. The molecule has 0 spiro atoms. The Balaban J connectivity index is 2.13. The number of aromatic carboxylic acids is 1. The maximum Gasteiger partial charge on any atom is 0.199 e. The Bertz CT molecular complexity index is 984. The van der Waals surface area contributed by atoms with Crippen LogP contribution in [-0.4, -0.2) is 44.4 Å². The van der Waals surface area contributed by atoms with E-state index in [2.05, 4.69) is 58.0 Å². The van der Waals surface area contributed by atoms with Gasteiger partial charge in [0, 0.05) is 31.9 Å². The summed E-state index contributed by atoms with van der Waals surface area (Å²) in [6.45, 7) is 0. The summed E-state index contributed by atoms with van der Waals surface area (Å²) < 4.78 is 2.06. The molecule has 4 heteroatoms. The number of allylic oxidation sites excluding steroid dienone is 5. The fourth-order valence-corrected chi connectivity index (χ4v) is 3.13. The molecule has 0 heterocycles. The molecule has 2 aromatic rings. The summed E-state index contributed by atoms with van der Waals surface area (Å²) >= 11 is 0. The average Bonchev–Trinajstić information content (AvgIpc) is 2.69. The molecule has 0 amide bonds. The van der Waals surface area contributed by atoms with Crippen molar-refractivity contribution in [3.63, 3.8) is 0 Å².